The monoisotopic (exact) mass is 290 g/mol. The first-order chi connectivity index (χ1) is 9.97. The smallest absolute Gasteiger partial charge is 0.307 e. The quantitative estimate of drug-likeness (QED) is 0.758. The van der Waals surface area contributed by atoms with Gasteiger partial charge in [-0.05, 0) is 79.4 Å². The lowest BCUT2D eigenvalue weighted by Crippen LogP contribution is -2.61. The number of fused-ring (bicyclic) bond motifs is 5. The molecule has 0 aromatic heterocycles. The second-order valence-corrected chi connectivity index (χ2v) is 9.07. The Balaban J connectivity index is 1.60. The Labute approximate surface area is 128 Å². The van der Waals surface area contributed by atoms with Crippen LogP contribution in [0.2, 0.25) is 0 Å². The number of aliphatic carboxylic acids is 1. The Morgan fingerprint density at radius 2 is 1.76 bits per heavy atom. The van der Waals surface area contributed by atoms with E-state index in [0.29, 0.717) is 11.3 Å². The first-order valence-electron chi connectivity index (χ1n) is 9.19. The molecule has 0 bridgehead atoms. The lowest BCUT2D eigenvalue weighted by atomic mass is 9.38. The zero-order valence-corrected chi connectivity index (χ0v) is 13.6. The summed E-state index contributed by atoms with van der Waals surface area (Å²) in [5.74, 6) is 2.80. The Morgan fingerprint density at radius 3 is 2.52 bits per heavy atom. The van der Waals surface area contributed by atoms with Crippen LogP contribution in [0.3, 0.4) is 0 Å². The molecule has 4 aliphatic rings. The normalized spacial score (nSPS) is 55.6. The van der Waals surface area contributed by atoms with Gasteiger partial charge < -0.3 is 5.11 Å². The van der Waals surface area contributed by atoms with Gasteiger partial charge in [0.1, 0.15) is 0 Å². The Kier molecular flexibility index (Phi) is 3.01. The molecule has 0 aromatic rings. The van der Waals surface area contributed by atoms with Gasteiger partial charge in [0.05, 0.1) is 5.92 Å². The molecule has 2 heteroatoms. The second kappa shape index (κ2) is 4.49. The van der Waals surface area contributed by atoms with Gasteiger partial charge in [-0.2, -0.15) is 0 Å². The van der Waals surface area contributed by atoms with E-state index in [1.54, 1.807) is 0 Å². The Hall–Kier alpha value is -0.530. The van der Waals surface area contributed by atoms with Gasteiger partial charge in [0.15, 0.2) is 0 Å². The fraction of sp³-hybridized carbons (Fsp3) is 0.947. The van der Waals surface area contributed by atoms with Gasteiger partial charge in [0, 0.05) is 0 Å². The van der Waals surface area contributed by atoms with Gasteiger partial charge in [0.25, 0.3) is 0 Å². The highest BCUT2D eigenvalue weighted by Gasteiger charge is 2.64. The SMILES string of the molecule is C[C@]12CCCC[C@@H]1CC[C@@H]1[C@@H]2CC[C@]2(C)[C@@H](C(=O)O)C[C@@H]12. The van der Waals surface area contributed by atoms with Crippen LogP contribution >= 0.6 is 0 Å². The van der Waals surface area contributed by atoms with Crippen molar-refractivity contribution in [2.45, 2.75) is 71.6 Å². The zero-order chi connectivity index (χ0) is 14.8. The van der Waals surface area contributed by atoms with Crippen LogP contribution in [0.5, 0.6) is 0 Å². The van der Waals surface area contributed by atoms with Crippen LogP contribution in [0, 0.1) is 40.4 Å². The topological polar surface area (TPSA) is 37.3 Å². The molecule has 0 aliphatic heterocycles. The van der Waals surface area contributed by atoms with Crippen LogP contribution in [0.4, 0.5) is 0 Å². The lowest BCUT2D eigenvalue weighted by molar-refractivity contribution is -0.197. The molecule has 0 saturated heterocycles. The molecule has 0 radical (unpaired) electrons. The summed E-state index contributed by atoms with van der Waals surface area (Å²) in [6, 6.07) is 0. The molecule has 0 heterocycles. The summed E-state index contributed by atoms with van der Waals surface area (Å²) in [5.41, 5.74) is 0.696. The van der Waals surface area contributed by atoms with Gasteiger partial charge >= 0.3 is 5.97 Å². The van der Waals surface area contributed by atoms with E-state index < -0.39 is 5.97 Å². The average Bonchev–Trinajstić information content (AvgIpc) is 2.42. The third kappa shape index (κ3) is 1.74. The molecule has 21 heavy (non-hydrogen) atoms. The van der Waals surface area contributed by atoms with Gasteiger partial charge in [-0.25, -0.2) is 0 Å². The Morgan fingerprint density at radius 1 is 0.952 bits per heavy atom. The van der Waals surface area contributed by atoms with Crippen molar-refractivity contribution in [3.63, 3.8) is 0 Å². The van der Waals surface area contributed by atoms with Gasteiger partial charge in [-0.1, -0.05) is 26.7 Å². The highest BCUT2D eigenvalue weighted by atomic mass is 16.4. The molecule has 0 spiro atoms. The minimum Gasteiger partial charge on any atom is -0.481 e. The average molecular weight is 290 g/mol. The number of carboxylic acids is 1. The molecule has 2 nitrogen and oxygen atoms in total. The molecule has 4 saturated carbocycles. The predicted molar refractivity (Wildman–Crippen MR) is 82.9 cm³/mol. The van der Waals surface area contributed by atoms with Crippen molar-refractivity contribution in [2.24, 2.45) is 40.4 Å². The van der Waals surface area contributed by atoms with E-state index >= 15 is 0 Å². The second-order valence-electron chi connectivity index (χ2n) is 9.07. The number of carbonyl (C=O) groups is 1. The Bertz CT molecular complexity index is 458. The molecule has 118 valence electrons. The maximum absolute atomic E-state index is 11.5. The van der Waals surface area contributed by atoms with E-state index in [-0.39, 0.29) is 11.3 Å². The van der Waals surface area contributed by atoms with Gasteiger partial charge in [0.2, 0.25) is 0 Å². The van der Waals surface area contributed by atoms with Crippen molar-refractivity contribution in [3.8, 4) is 0 Å². The van der Waals surface area contributed by atoms with E-state index in [9.17, 15) is 9.90 Å². The van der Waals surface area contributed by atoms with Crippen LogP contribution in [0.1, 0.15) is 71.6 Å². The molecular formula is C19H30O2. The van der Waals surface area contributed by atoms with Crippen LogP contribution < -0.4 is 0 Å². The number of carboxylic acid groups (broad SMARTS) is 1. The standard InChI is InChI=1S/C19H30O2/c1-18-9-4-3-5-12(18)6-7-13-14(18)8-10-19(2)15(13)11-16(19)17(20)21/h12-16H,3-11H2,1-2H3,(H,20,21)/t12-,13-,14+,15+,16-,18+,19+/m1/s1. The van der Waals surface area contributed by atoms with Crippen molar-refractivity contribution in [1.82, 2.24) is 0 Å². The highest BCUT2D eigenvalue weighted by Crippen LogP contribution is 2.69. The van der Waals surface area contributed by atoms with Crippen LogP contribution in [0.25, 0.3) is 0 Å². The molecule has 4 aliphatic carbocycles. The summed E-state index contributed by atoms with van der Waals surface area (Å²) < 4.78 is 0. The zero-order valence-electron chi connectivity index (χ0n) is 13.6. The van der Waals surface area contributed by atoms with Crippen molar-refractivity contribution in [1.29, 1.82) is 0 Å². The van der Waals surface area contributed by atoms with E-state index in [0.717, 1.165) is 30.6 Å². The van der Waals surface area contributed by atoms with Crippen molar-refractivity contribution >= 4 is 5.97 Å². The number of hydrogen-bond acceptors (Lipinski definition) is 1. The predicted octanol–water partition coefficient (Wildman–Crippen LogP) is 4.73. The fourth-order valence-electron chi connectivity index (χ4n) is 7.27. The third-order valence-corrected chi connectivity index (χ3v) is 8.60. The maximum Gasteiger partial charge on any atom is 0.307 e. The maximum atomic E-state index is 11.5. The van der Waals surface area contributed by atoms with E-state index in [4.69, 9.17) is 0 Å². The molecule has 4 rings (SSSR count). The summed E-state index contributed by atoms with van der Waals surface area (Å²) in [5, 5.41) is 9.47. The minimum atomic E-state index is -0.537. The van der Waals surface area contributed by atoms with Crippen LogP contribution in [-0.4, -0.2) is 11.1 Å². The molecule has 0 aromatic carbocycles. The van der Waals surface area contributed by atoms with Crippen molar-refractivity contribution in [3.05, 3.63) is 0 Å². The minimum absolute atomic E-state index is 0.0552. The third-order valence-electron chi connectivity index (χ3n) is 8.60. The first-order valence-corrected chi connectivity index (χ1v) is 9.19. The summed E-state index contributed by atoms with van der Waals surface area (Å²) in [7, 11) is 0. The fourth-order valence-corrected chi connectivity index (χ4v) is 7.27. The molecule has 7 atom stereocenters. The van der Waals surface area contributed by atoms with Gasteiger partial charge in [-0.3, -0.25) is 4.79 Å². The molecule has 4 fully saturated rings. The van der Waals surface area contributed by atoms with E-state index in [1.165, 1.54) is 44.9 Å². The summed E-state index contributed by atoms with van der Waals surface area (Å²) in [6.07, 6.45) is 12.0. The highest BCUT2D eigenvalue weighted by molar-refractivity contribution is 5.72. The van der Waals surface area contributed by atoms with E-state index in [2.05, 4.69) is 13.8 Å². The summed E-state index contributed by atoms with van der Waals surface area (Å²) >= 11 is 0. The lowest BCUT2D eigenvalue weighted by Gasteiger charge is -2.66. The van der Waals surface area contributed by atoms with Crippen LogP contribution in [0.15, 0.2) is 0 Å². The summed E-state index contributed by atoms with van der Waals surface area (Å²) in [6.45, 7) is 4.87. The van der Waals surface area contributed by atoms with E-state index in [1.807, 2.05) is 0 Å². The number of rotatable bonds is 1. The van der Waals surface area contributed by atoms with Crippen molar-refractivity contribution in [2.75, 3.05) is 0 Å². The molecular weight excluding hydrogens is 260 g/mol. The van der Waals surface area contributed by atoms with Crippen molar-refractivity contribution < 1.29 is 9.90 Å². The molecule has 0 amide bonds. The van der Waals surface area contributed by atoms with Crippen LogP contribution in [-0.2, 0) is 4.79 Å². The summed E-state index contributed by atoms with van der Waals surface area (Å²) in [4.78, 5) is 11.5. The first kappa shape index (κ1) is 14.1. The largest absolute Gasteiger partial charge is 0.481 e. The number of hydrogen-bond donors (Lipinski definition) is 1. The molecule has 0 unspecified atom stereocenters. The van der Waals surface area contributed by atoms with Gasteiger partial charge in [-0.15, -0.1) is 0 Å². The molecule has 1 N–H and O–H groups in total.